The first-order valence-corrected chi connectivity index (χ1v) is 7.93. The van der Waals surface area contributed by atoms with Gasteiger partial charge >= 0.3 is 5.97 Å². The van der Waals surface area contributed by atoms with Crippen LogP contribution in [0.15, 0.2) is 16.7 Å². The summed E-state index contributed by atoms with van der Waals surface area (Å²) in [4.78, 5) is 22.3. The molecular weight excluding hydrogens is 300 g/mol. The van der Waals surface area contributed by atoms with Crippen molar-refractivity contribution < 1.29 is 27.5 Å². The molecule has 2 N–H and O–H groups in total. The molecule has 0 saturated carbocycles. The Morgan fingerprint density at radius 2 is 2.10 bits per heavy atom. The molecule has 0 aliphatic heterocycles. The minimum atomic E-state index is -3.22. The van der Waals surface area contributed by atoms with Crippen molar-refractivity contribution in [1.29, 1.82) is 0 Å². The van der Waals surface area contributed by atoms with Gasteiger partial charge in [0.15, 0.2) is 5.76 Å². The molecule has 118 valence electrons. The van der Waals surface area contributed by atoms with Crippen molar-refractivity contribution in [2.75, 3.05) is 25.9 Å². The molecule has 0 fully saturated rings. The van der Waals surface area contributed by atoms with E-state index in [-0.39, 0.29) is 30.2 Å². The number of nitrogens with one attached hydrogen (secondary N) is 1. The molecule has 0 aliphatic carbocycles. The first-order chi connectivity index (χ1) is 9.77. The smallest absolute Gasteiger partial charge is 0.338 e. The van der Waals surface area contributed by atoms with Crippen LogP contribution in [0.3, 0.4) is 0 Å². The summed E-state index contributed by atoms with van der Waals surface area (Å²) in [6.45, 7) is 2.10. The third kappa shape index (κ3) is 4.87. The van der Waals surface area contributed by atoms with Crippen LogP contribution in [0.5, 0.6) is 0 Å². The topological polar surface area (TPSA) is 117 Å². The summed E-state index contributed by atoms with van der Waals surface area (Å²) in [5, 5.41) is 11.2. The molecule has 0 spiro atoms. The molecule has 1 rings (SSSR count). The lowest BCUT2D eigenvalue weighted by Gasteiger charge is -2.15. The zero-order valence-corrected chi connectivity index (χ0v) is 12.6. The molecule has 0 aliphatic rings. The summed E-state index contributed by atoms with van der Waals surface area (Å²) in [6.07, 6.45) is 1.42. The molecule has 0 bridgehead atoms. The van der Waals surface area contributed by atoms with E-state index < -0.39 is 21.9 Å². The number of carboxylic acid groups (broad SMARTS) is 1. The Labute approximate surface area is 122 Å². The minimum absolute atomic E-state index is 0.0280. The van der Waals surface area contributed by atoms with Crippen molar-refractivity contribution in [1.82, 2.24) is 9.62 Å². The number of amides is 1. The Hall–Kier alpha value is -1.87. The molecule has 21 heavy (non-hydrogen) atoms. The highest BCUT2D eigenvalue weighted by Gasteiger charge is 2.16. The largest absolute Gasteiger partial charge is 0.478 e. The van der Waals surface area contributed by atoms with Crippen molar-refractivity contribution in [3.8, 4) is 0 Å². The van der Waals surface area contributed by atoms with Gasteiger partial charge in [0.05, 0.1) is 11.3 Å². The van der Waals surface area contributed by atoms with Gasteiger partial charge in [-0.1, -0.05) is 0 Å². The van der Waals surface area contributed by atoms with Crippen LogP contribution >= 0.6 is 0 Å². The SMILES string of the molecule is CCS(=O)(=O)N(C)CCCNC(=O)c1cc(C(=O)O)co1. The zero-order valence-electron chi connectivity index (χ0n) is 11.8. The van der Waals surface area contributed by atoms with Gasteiger partial charge in [-0.3, -0.25) is 4.79 Å². The van der Waals surface area contributed by atoms with Crippen LogP contribution < -0.4 is 5.32 Å². The third-order valence-electron chi connectivity index (χ3n) is 2.85. The van der Waals surface area contributed by atoms with Gasteiger partial charge in [-0.05, 0) is 13.3 Å². The predicted octanol–water partition coefficient (Wildman–Crippen LogP) is 0.379. The maximum atomic E-state index is 11.6. The van der Waals surface area contributed by atoms with Gasteiger partial charge in [-0.15, -0.1) is 0 Å². The normalized spacial score (nSPS) is 11.6. The second-order valence-corrected chi connectivity index (χ2v) is 6.70. The monoisotopic (exact) mass is 318 g/mol. The number of carbonyl (C=O) groups excluding carboxylic acids is 1. The molecule has 9 heteroatoms. The van der Waals surface area contributed by atoms with E-state index in [0.29, 0.717) is 6.42 Å². The van der Waals surface area contributed by atoms with Gasteiger partial charge in [0.1, 0.15) is 6.26 Å². The fraction of sp³-hybridized carbons (Fsp3) is 0.500. The van der Waals surface area contributed by atoms with Gasteiger partial charge in [-0.2, -0.15) is 0 Å². The number of furan rings is 1. The highest BCUT2D eigenvalue weighted by molar-refractivity contribution is 7.89. The van der Waals surface area contributed by atoms with Crippen LogP contribution in [0, 0.1) is 0 Å². The highest BCUT2D eigenvalue weighted by atomic mass is 32.2. The van der Waals surface area contributed by atoms with E-state index >= 15 is 0 Å². The minimum Gasteiger partial charge on any atom is -0.478 e. The number of hydrogen-bond acceptors (Lipinski definition) is 5. The second-order valence-electron chi connectivity index (χ2n) is 4.34. The van der Waals surface area contributed by atoms with E-state index in [1.54, 1.807) is 6.92 Å². The molecule has 1 aromatic heterocycles. The first kappa shape index (κ1) is 17.2. The number of carbonyl (C=O) groups is 2. The average molecular weight is 318 g/mol. The molecule has 1 heterocycles. The van der Waals surface area contributed by atoms with Crippen LogP contribution in [0.25, 0.3) is 0 Å². The number of sulfonamides is 1. The Morgan fingerprint density at radius 1 is 1.43 bits per heavy atom. The maximum Gasteiger partial charge on any atom is 0.338 e. The van der Waals surface area contributed by atoms with Gasteiger partial charge in [0.25, 0.3) is 5.91 Å². The van der Waals surface area contributed by atoms with Crippen LogP contribution in [0.2, 0.25) is 0 Å². The number of carboxylic acids is 1. The highest BCUT2D eigenvalue weighted by Crippen LogP contribution is 2.07. The molecule has 0 aromatic carbocycles. The van der Waals surface area contributed by atoms with E-state index in [9.17, 15) is 18.0 Å². The zero-order chi connectivity index (χ0) is 16.0. The van der Waals surface area contributed by atoms with E-state index in [4.69, 9.17) is 9.52 Å². The average Bonchev–Trinajstić information content (AvgIpc) is 2.93. The summed E-state index contributed by atoms with van der Waals surface area (Å²) >= 11 is 0. The van der Waals surface area contributed by atoms with E-state index in [2.05, 4.69) is 5.32 Å². The standard InChI is InChI=1S/C12H18N2O6S/c1-3-21(18,19)14(2)6-4-5-13-11(15)10-7-9(8-20-10)12(16)17/h7-8H,3-6H2,1-2H3,(H,13,15)(H,16,17). The van der Waals surface area contributed by atoms with Crippen molar-refractivity contribution in [3.63, 3.8) is 0 Å². The summed E-state index contributed by atoms with van der Waals surface area (Å²) in [6, 6.07) is 1.13. The lowest BCUT2D eigenvalue weighted by atomic mass is 10.3. The summed E-state index contributed by atoms with van der Waals surface area (Å²) in [5.74, 6) is -1.78. The van der Waals surface area contributed by atoms with Crippen molar-refractivity contribution >= 4 is 21.9 Å². The molecule has 8 nitrogen and oxygen atoms in total. The Kier molecular flexibility index (Phi) is 5.91. The fourth-order valence-electron chi connectivity index (χ4n) is 1.52. The van der Waals surface area contributed by atoms with Crippen LogP contribution in [-0.4, -0.2) is 55.6 Å². The molecule has 0 radical (unpaired) electrons. The third-order valence-corrected chi connectivity index (χ3v) is 4.71. The van der Waals surface area contributed by atoms with Gasteiger partial charge in [0, 0.05) is 26.2 Å². The molecular formula is C12H18N2O6S. The Balaban J connectivity index is 2.39. The summed E-state index contributed by atoms with van der Waals surface area (Å²) in [5.41, 5.74) is -0.103. The van der Waals surface area contributed by atoms with Crippen LogP contribution in [-0.2, 0) is 10.0 Å². The predicted molar refractivity (Wildman–Crippen MR) is 74.7 cm³/mol. The number of hydrogen-bond donors (Lipinski definition) is 2. The number of aromatic carboxylic acids is 1. The van der Waals surface area contributed by atoms with Crippen LogP contribution in [0.4, 0.5) is 0 Å². The number of rotatable bonds is 8. The molecule has 1 aromatic rings. The van der Waals surface area contributed by atoms with E-state index in [0.717, 1.165) is 12.3 Å². The van der Waals surface area contributed by atoms with E-state index in [1.807, 2.05) is 0 Å². The lowest BCUT2D eigenvalue weighted by Crippen LogP contribution is -2.32. The maximum absolute atomic E-state index is 11.6. The molecule has 0 atom stereocenters. The second kappa shape index (κ2) is 7.23. The lowest BCUT2D eigenvalue weighted by molar-refractivity contribution is 0.0695. The van der Waals surface area contributed by atoms with Crippen molar-refractivity contribution in [3.05, 3.63) is 23.7 Å². The Bertz CT molecular complexity index is 607. The quantitative estimate of drug-likeness (QED) is 0.669. The summed E-state index contributed by atoms with van der Waals surface area (Å²) < 4.78 is 29.0. The van der Waals surface area contributed by atoms with Crippen molar-refractivity contribution in [2.24, 2.45) is 0 Å². The van der Waals surface area contributed by atoms with Crippen LogP contribution in [0.1, 0.15) is 34.3 Å². The van der Waals surface area contributed by atoms with Gasteiger partial charge in [-0.25, -0.2) is 17.5 Å². The van der Waals surface area contributed by atoms with E-state index in [1.165, 1.54) is 11.4 Å². The number of nitrogens with zero attached hydrogens (tertiary/aromatic N) is 1. The van der Waals surface area contributed by atoms with Crippen molar-refractivity contribution in [2.45, 2.75) is 13.3 Å². The molecule has 0 saturated heterocycles. The molecule has 1 amide bonds. The molecule has 0 unspecified atom stereocenters. The van der Waals surface area contributed by atoms with Gasteiger partial charge < -0.3 is 14.8 Å². The Morgan fingerprint density at radius 3 is 2.62 bits per heavy atom. The first-order valence-electron chi connectivity index (χ1n) is 6.32. The summed E-state index contributed by atoms with van der Waals surface area (Å²) in [7, 11) is -1.74. The van der Waals surface area contributed by atoms with Gasteiger partial charge in [0.2, 0.25) is 10.0 Å². The fourth-order valence-corrected chi connectivity index (χ4v) is 2.37.